The van der Waals surface area contributed by atoms with E-state index < -0.39 is 0 Å². The maximum absolute atomic E-state index is 6.11. The molecule has 102 valence electrons. The Morgan fingerprint density at radius 3 is 2.74 bits per heavy atom. The normalized spacial score (nSPS) is 27.4. The first-order valence-corrected chi connectivity index (χ1v) is 8.18. The molecule has 0 radical (unpaired) electrons. The van der Waals surface area contributed by atoms with E-state index >= 15 is 0 Å². The van der Waals surface area contributed by atoms with E-state index in [1.165, 1.54) is 23.5 Å². The van der Waals surface area contributed by atoms with Gasteiger partial charge in [0.2, 0.25) is 0 Å². The zero-order valence-electron chi connectivity index (χ0n) is 11.2. The van der Waals surface area contributed by atoms with Gasteiger partial charge < -0.3 is 10.6 Å². The second-order valence-corrected chi connectivity index (χ2v) is 6.56. The van der Waals surface area contributed by atoms with Crippen molar-refractivity contribution in [1.82, 2.24) is 4.90 Å². The minimum Gasteiger partial charge on any atom is -0.370 e. The van der Waals surface area contributed by atoms with Gasteiger partial charge in [-0.25, -0.2) is 4.99 Å². The molecular formula is C15H21N3S. The summed E-state index contributed by atoms with van der Waals surface area (Å²) in [6.07, 6.45) is 2.33. The van der Waals surface area contributed by atoms with Gasteiger partial charge in [-0.3, -0.25) is 0 Å². The summed E-state index contributed by atoms with van der Waals surface area (Å²) in [6, 6.07) is 11.1. The quantitative estimate of drug-likeness (QED) is 0.677. The molecule has 2 N–H and O–H groups in total. The van der Waals surface area contributed by atoms with Gasteiger partial charge in [0.15, 0.2) is 5.96 Å². The number of rotatable bonds is 3. The zero-order valence-corrected chi connectivity index (χ0v) is 12.0. The Hall–Kier alpha value is -1.16. The van der Waals surface area contributed by atoms with E-state index in [0.717, 1.165) is 25.5 Å². The Labute approximate surface area is 119 Å². The Kier molecular flexibility index (Phi) is 3.97. The zero-order chi connectivity index (χ0) is 13.1. The minimum atomic E-state index is 0.454. The van der Waals surface area contributed by atoms with Crippen molar-refractivity contribution in [1.29, 1.82) is 0 Å². The first-order valence-electron chi connectivity index (χ1n) is 7.03. The molecule has 2 fully saturated rings. The summed E-state index contributed by atoms with van der Waals surface area (Å²) in [5.41, 5.74) is 7.53. The molecule has 1 aliphatic heterocycles. The maximum atomic E-state index is 6.11. The number of nitrogens with zero attached hydrogens (tertiary/aromatic N) is 2. The summed E-state index contributed by atoms with van der Waals surface area (Å²) in [5.74, 6) is 3.81. The number of hydrogen-bond acceptors (Lipinski definition) is 2. The molecule has 3 rings (SSSR count). The number of thioether (sulfide) groups is 1. The van der Waals surface area contributed by atoms with E-state index in [9.17, 15) is 0 Å². The fourth-order valence-corrected chi connectivity index (χ4v) is 3.47. The van der Waals surface area contributed by atoms with Crippen molar-refractivity contribution in [2.75, 3.05) is 24.6 Å². The van der Waals surface area contributed by atoms with E-state index in [-0.39, 0.29) is 0 Å². The molecule has 2 unspecified atom stereocenters. The molecule has 2 atom stereocenters. The topological polar surface area (TPSA) is 41.6 Å². The highest BCUT2D eigenvalue weighted by atomic mass is 32.2. The second-order valence-electron chi connectivity index (χ2n) is 5.34. The average molecular weight is 275 g/mol. The summed E-state index contributed by atoms with van der Waals surface area (Å²) < 4.78 is 0. The van der Waals surface area contributed by atoms with Gasteiger partial charge in [0.05, 0.1) is 6.04 Å². The van der Waals surface area contributed by atoms with Gasteiger partial charge in [-0.2, -0.15) is 11.8 Å². The van der Waals surface area contributed by atoms with Crippen LogP contribution in [-0.4, -0.2) is 41.5 Å². The number of benzene rings is 1. The van der Waals surface area contributed by atoms with Crippen LogP contribution in [0.5, 0.6) is 0 Å². The summed E-state index contributed by atoms with van der Waals surface area (Å²) in [4.78, 5) is 6.93. The Morgan fingerprint density at radius 1 is 1.26 bits per heavy atom. The van der Waals surface area contributed by atoms with Gasteiger partial charge >= 0.3 is 0 Å². The molecule has 1 aliphatic carbocycles. The lowest BCUT2D eigenvalue weighted by Gasteiger charge is -2.27. The molecule has 0 aromatic heterocycles. The van der Waals surface area contributed by atoms with E-state index in [1.54, 1.807) is 0 Å². The van der Waals surface area contributed by atoms with Crippen LogP contribution in [0.15, 0.2) is 35.3 Å². The predicted molar refractivity (Wildman–Crippen MR) is 82.6 cm³/mol. The minimum absolute atomic E-state index is 0.454. The van der Waals surface area contributed by atoms with Gasteiger partial charge in [0.1, 0.15) is 0 Å². The molecule has 1 saturated heterocycles. The van der Waals surface area contributed by atoms with E-state index in [1.807, 2.05) is 11.8 Å². The van der Waals surface area contributed by atoms with Crippen molar-refractivity contribution in [2.24, 2.45) is 16.6 Å². The molecule has 0 bridgehead atoms. The van der Waals surface area contributed by atoms with Crippen LogP contribution in [0.1, 0.15) is 12.0 Å². The van der Waals surface area contributed by atoms with E-state index in [2.05, 4.69) is 35.2 Å². The molecule has 1 aromatic rings. The Bertz CT molecular complexity index is 440. The van der Waals surface area contributed by atoms with E-state index in [4.69, 9.17) is 10.7 Å². The third kappa shape index (κ3) is 3.44. The molecule has 1 heterocycles. The average Bonchev–Trinajstić information content (AvgIpc) is 3.18. The van der Waals surface area contributed by atoms with Gasteiger partial charge in [-0.15, -0.1) is 0 Å². The molecular weight excluding hydrogens is 254 g/mol. The van der Waals surface area contributed by atoms with Crippen LogP contribution in [0.2, 0.25) is 0 Å². The van der Waals surface area contributed by atoms with Crippen LogP contribution in [-0.2, 0) is 6.42 Å². The highest BCUT2D eigenvalue weighted by Crippen LogP contribution is 2.37. The smallest absolute Gasteiger partial charge is 0.191 e. The van der Waals surface area contributed by atoms with Crippen molar-refractivity contribution in [3.8, 4) is 0 Å². The third-order valence-electron chi connectivity index (χ3n) is 3.86. The predicted octanol–water partition coefficient (Wildman–Crippen LogP) is 1.98. The van der Waals surface area contributed by atoms with Crippen molar-refractivity contribution in [3.05, 3.63) is 35.9 Å². The van der Waals surface area contributed by atoms with E-state index in [0.29, 0.717) is 12.0 Å². The third-order valence-corrected chi connectivity index (χ3v) is 4.80. The molecule has 2 aliphatic rings. The number of guanidine groups is 1. The first-order chi connectivity index (χ1) is 9.33. The largest absolute Gasteiger partial charge is 0.370 e. The van der Waals surface area contributed by atoms with Gasteiger partial charge in [-0.1, -0.05) is 30.3 Å². The summed E-state index contributed by atoms with van der Waals surface area (Å²) in [6.45, 7) is 2.10. The van der Waals surface area contributed by atoms with Gasteiger partial charge in [-0.05, 0) is 24.3 Å². The lowest BCUT2D eigenvalue weighted by atomic mass is 10.1. The molecule has 0 spiro atoms. The van der Waals surface area contributed by atoms with Crippen LogP contribution in [0.3, 0.4) is 0 Å². The van der Waals surface area contributed by atoms with Gasteiger partial charge in [0.25, 0.3) is 0 Å². The SMILES string of the molecule is NC(=NC1CC1Cc1ccccc1)N1CCSCC1. The first kappa shape index (κ1) is 12.9. The number of aliphatic imine (C=N–C) groups is 1. The Balaban J connectivity index is 1.52. The van der Waals surface area contributed by atoms with Crippen molar-refractivity contribution in [2.45, 2.75) is 18.9 Å². The highest BCUT2D eigenvalue weighted by Gasteiger charge is 2.37. The standard InChI is InChI=1S/C15H21N3S/c16-15(18-6-8-19-9-7-18)17-14-11-13(14)10-12-4-2-1-3-5-12/h1-5,13-14H,6-11H2,(H2,16,17). The number of hydrogen-bond donors (Lipinski definition) is 1. The lowest BCUT2D eigenvalue weighted by Crippen LogP contribution is -2.42. The summed E-state index contributed by atoms with van der Waals surface area (Å²) >= 11 is 2.00. The van der Waals surface area contributed by atoms with Crippen molar-refractivity contribution >= 4 is 17.7 Å². The van der Waals surface area contributed by atoms with Crippen molar-refractivity contribution in [3.63, 3.8) is 0 Å². The van der Waals surface area contributed by atoms with Crippen LogP contribution in [0.25, 0.3) is 0 Å². The Morgan fingerprint density at radius 2 is 2.00 bits per heavy atom. The fourth-order valence-electron chi connectivity index (χ4n) is 2.57. The van der Waals surface area contributed by atoms with Crippen LogP contribution >= 0.6 is 11.8 Å². The molecule has 1 saturated carbocycles. The second kappa shape index (κ2) is 5.87. The van der Waals surface area contributed by atoms with Crippen LogP contribution in [0.4, 0.5) is 0 Å². The van der Waals surface area contributed by atoms with Crippen LogP contribution < -0.4 is 5.73 Å². The van der Waals surface area contributed by atoms with Crippen molar-refractivity contribution < 1.29 is 0 Å². The molecule has 1 aromatic carbocycles. The number of nitrogens with two attached hydrogens (primary N) is 1. The molecule has 0 amide bonds. The summed E-state index contributed by atoms with van der Waals surface area (Å²) in [5, 5.41) is 0. The highest BCUT2D eigenvalue weighted by molar-refractivity contribution is 7.99. The van der Waals surface area contributed by atoms with Crippen LogP contribution in [0, 0.1) is 5.92 Å². The molecule has 19 heavy (non-hydrogen) atoms. The maximum Gasteiger partial charge on any atom is 0.191 e. The fraction of sp³-hybridized carbons (Fsp3) is 0.533. The monoisotopic (exact) mass is 275 g/mol. The van der Waals surface area contributed by atoms with Gasteiger partial charge in [0, 0.05) is 24.6 Å². The summed E-state index contributed by atoms with van der Waals surface area (Å²) in [7, 11) is 0. The molecule has 4 heteroatoms. The lowest BCUT2D eigenvalue weighted by molar-refractivity contribution is 0.455. The molecule has 3 nitrogen and oxygen atoms in total.